The first-order chi connectivity index (χ1) is 9.14. The summed E-state index contributed by atoms with van der Waals surface area (Å²) in [5, 5.41) is 3.58. The molecular formula is C17H29NO. The van der Waals surface area contributed by atoms with Gasteiger partial charge in [0.1, 0.15) is 0 Å². The highest BCUT2D eigenvalue weighted by molar-refractivity contribution is 5.15. The van der Waals surface area contributed by atoms with Crippen LogP contribution in [-0.4, -0.2) is 25.3 Å². The van der Waals surface area contributed by atoms with E-state index in [9.17, 15) is 0 Å². The Kier molecular flexibility index (Phi) is 7.76. The van der Waals surface area contributed by atoms with Gasteiger partial charge in [0.2, 0.25) is 0 Å². The summed E-state index contributed by atoms with van der Waals surface area (Å²) in [6.45, 7) is 9.36. The second kappa shape index (κ2) is 9.11. The van der Waals surface area contributed by atoms with Gasteiger partial charge in [0, 0.05) is 18.7 Å². The highest BCUT2D eigenvalue weighted by atomic mass is 16.5. The summed E-state index contributed by atoms with van der Waals surface area (Å²) in [7, 11) is 0. The third-order valence-electron chi connectivity index (χ3n) is 3.37. The van der Waals surface area contributed by atoms with Crippen molar-refractivity contribution in [3.8, 4) is 0 Å². The van der Waals surface area contributed by atoms with E-state index in [4.69, 9.17) is 4.74 Å². The normalized spacial score (nSPS) is 11.7. The van der Waals surface area contributed by atoms with Gasteiger partial charge in [-0.15, -0.1) is 0 Å². The van der Waals surface area contributed by atoms with Gasteiger partial charge < -0.3 is 10.1 Å². The molecule has 0 amide bonds. The zero-order valence-electron chi connectivity index (χ0n) is 12.7. The molecule has 1 rings (SSSR count). The Balaban J connectivity index is 2.13. The monoisotopic (exact) mass is 263 g/mol. The molecule has 0 aliphatic carbocycles. The van der Waals surface area contributed by atoms with Crippen LogP contribution in [0.15, 0.2) is 30.3 Å². The Morgan fingerprint density at radius 1 is 1.11 bits per heavy atom. The predicted octanol–water partition coefficient (Wildman–Crippen LogP) is 3.80. The molecule has 2 heteroatoms. The molecule has 0 unspecified atom stereocenters. The maximum absolute atomic E-state index is 5.57. The average Bonchev–Trinajstić information content (AvgIpc) is 2.42. The van der Waals surface area contributed by atoms with Crippen LogP contribution < -0.4 is 5.32 Å². The molecule has 1 aromatic rings. The minimum absolute atomic E-state index is 0.171. The van der Waals surface area contributed by atoms with Gasteiger partial charge in [-0.3, -0.25) is 0 Å². The lowest BCUT2D eigenvalue weighted by molar-refractivity contribution is 0.126. The number of unbranched alkanes of at least 4 members (excludes halogenated alkanes) is 1. The molecule has 0 fully saturated rings. The topological polar surface area (TPSA) is 21.3 Å². The number of hydrogen-bond acceptors (Lipinski definition) is 2. The fraction of sp³-hybridized carbons (Fsp3) is 0.647. The SMILES string of the molecule is CCCCOCCNC(C)(C)CCc1ccccc1. The Morgan fingerprint density at radius 3 is 2.53 bits per heavy atom. The van der Waals surface area contributed by atoms with Crippen LogP contribution in [0.25, 0.3) is 0 Å². The second-order valence-corrected chi connectivity index (χ2v) is 5.76. The number of hydrogen-bond donors (Lipinski definition) is 1. The summed E-state index contributed by atoms with van der Waals surface area (Å²) in [5.74, 6) is 0. The van der Waals surface area contributed by atoms with Crippen LogP contribution in [0.2, 0.25) is 0 Å². The van der Waals surface area contributed by atoms with Gasteiger partial charge in [0.15, 0.2) is 0 Å². The summed E-state index contributed by atoms with van der Waals surface area (Å²) < 4.78 is 5.57. The van der Waals surface area contributed by atoms with Crippen LogP contribution >= 0.6 is 0 Å². The summed E-state index contributed by atoms with van der Waals surface area (Å²) in [6, 6.07) is 10.7. The summed E-state index contributed by atoms with van der Waals surface area (Å²) in [6.07, 6.45) is 4.64. The standard InChI is InChI=1S/C17H29NO/c1-4-5-14-19-15-13-18-17(2,3)12-11-16-9-7-6-8-10-16/h6-10,18H,4-5,11-15H2,1-3H3. The Bertz CT molecular complexity index is 321. The molecule has 0 aliphatic rings. The highest BCUT2D eigenvalue weighted by Gasteiger charge is 2.16. The number of rotatable bonds is 10. The molecule has 0 radical (unpaired) electrons. The number of benzene rings is 1. The van der Waals surface area contributed by atoms with E-state index in [0.717, 1.165) is 39.0 Å². The number of nitrogens with one attached hydrogen (secondary N) is 1. The molecule has 0 aliphatic heterocycles. The minimum Gasteiger partial charge on any atom is -0.380 e. The quantitative estimate of drug-likeness (QED) is 0.648. The summed E-state index contributed by atoms with van der Waals surface area (Å²) in [4.78, 5) is 0. The lowest BCUT2D eigenvalue weighted by Crippen LogP contribution is -2.41. The van der Waals surface area contributed by atoms with Crippen molar-refractivity contribution in [2.45, 2.75) is 52.0 Å². The largest absolute Gasteiger partial charge is 0.380 e. The highest BCUT2D eigenvalue weighted by Crippen LogP contribution is 2.13. The average molecular weight is 263 g/mol. The van der Waals surface area contributed by atoms with Crippen LogP contribution in [0.3, 0.4) is 0 Å². The van der Waals surface area contributed by atoms with Gasteiger partial charge in [0.25, 0.3) is 0 Å². The molecule has 0 saturated carbocycles. The van der Waals surface area contributed by atoms with Gasteiger partial charge in [-0.1, -0.05) is 43.7 Å². The maximum atomic E-state index is 5.57. The molecule has 1 N–H and O–H groups in total. The van der Waals surface area contributed by atoms with Gasteiger partial charge >= 0.3 is 0 Å². The summed E-state index contributed by atoms with van der Waals surface area (Å²) >= 11 is 0. The van der Waals surface area contributed by atoms with Crippen molar-refractivity contribution in [1.82, 2.24) is 5.32 Å². The summed E-state index contributed by atoms with van der Waals surface area (Å²) in [5.41, 5.74) is 1.58. The van der Waals surface area contributed by atoms with Crippen molar-refractivity contribution >= 4 is 0 Å². The Hall–Kier alpha value is -0.860. The van der Waals surface area contributed by atoms with Crippen LogP contribution in [0.1, 0.15) is 45.6 Å². The van der Waals surface area contributed by atoms with Crippen molar-refractivity contribution in [3.05, 3.63) is 35.9 Å². The zero-order valence-corrected chi connectivity index (χ0v) is 12.7. The third-order valence-corrected chi connectivity index (χ3v) is 3.37. The fourth-order valence-corrected chi connectivity index (χ4v) is 2.00. The van der Waals surface area contributed by atoms with E-state index in [0.29, 0.717) is 0 Å². The van der Waals surface area contributed by atoms with E-state index in [1.54, 1.807) is 0 Å². The van der Waals surface area contributed by atoms with E-state index in [1.807, 2.05) is 0 Å². The van der Waals surface area contributed by atoms with Crippen LogP contribution in [0.4, 0.5) is 0 Å². The lowest BCUT2D eigenvalue weighted by Gasteiger charge is -2.26. The number of ether oxygens (including phenoxy) is 1. The molecule has 0 saturated heterocycles. The molecule has 1 aromatic carbocycles. The van der Waals surface area contributed by atoms with Crippen LogP contribution in [-0.2, 0) is 11.2 Å². The van der Waals surface area contributed by atoms with Crippen LogP contribution in [0.5, 0.6) is 0 Å². The van der Waals surface area contributed by atoms with Crippen molar-refractivity contribution < 1.29 is 4.74 Å². The first-order valence-electron chi connectivity index (χ1n) is 7.51. The van der Waals surface area contributed by atoms with Crippen molar-refractivity contribution in [1.29, 1.82) is 0 Å². The molecule has 19 heavy (non-hydrogen) atoms. The first kappa shape index (κ1) is 16.2. The molecule has 0 bridgehead atoms. The molecule has 0 atom stereocenters. The van der Waals surface area contributed by atoms with Gasteiger partial charge in [0.05, 0.1) is 6.61 Å². The van der Waals surface area contributed by atoms with E-state index >= 15 is 0 Å². The van der Waals surface area contributed by atoms with Gasteiger partial charge in [-0.05, 0) is 38.7 Å². The molecule has 2 nitrogen and oxygen atoms in total. The van der Waals surface area contributed by atoms with Crippen molar-refractivity contribution in [2.75, 3.05) is 19.8 Å². The Morgan fingerprint density at radius 2 is 1.84 bits per heavy atom. The fourth-order valence-electron chi connectivity index (χ4n) is 2.00. The smallest absolute Gasteiger partial charge is 0.0591 e. The second-order valence-electron chi connectivity index (χ2n) is 5.76. The molecule has 0 heterocycles. The van der Waals surface area contributed by atoms with E-state index in [2.05, 4.69) is 56.4 Å². The molecule has 0 spiro atoms. The zero-order chi connectivity index (χ0) is 14.0. The first-order valence-corrected chi connectivity index (χ1v) is 7.51. The van der Waals surface area contributed by atoms with Gasteiger partial charge in [-0.25, -0.2) is 0 Å². The lowest BCUT2D eigenvalue weighted by atomic mass is 9.95. The van der Waals surface area contributed by atoms with E-state index < -0.39 is 0 Å². The van der Waals surface area contributed by atoms with Gasteiger partial charge in [-0.2, -0.15) is 0 Å². The van der Waals surface area contributed by atoms with E-state index in [1.165, 1.54) is 12.0 Å². The van der Waals surface area contributed by atoms with Crippen molar-refractivity contribution in [3.63, 3.8) is 0 Å². The van der Waals surface area contributed by atoms with E-state index in [-0.39, 0.29) is 5.54 Å². The predicted molar refractivity (Wildman–Crippen MR) is 82.6 cm³/mol. The third kappa shape index (κ3) is 8.02. The molecule has 108 valence electrons. The number of aryl methyl sites for hydroxylation is 1. The maximum Gasteiger partial charge on any atom is 0.0591 e. The van der Waals surface area contributed by atoms with Crippen molar-refractivity contribution in [2.24, 2.45) is 0 Å². The molecule has 0 aromatic heterocycles. The van der Waals surface area contributed by atoms with Crippen LogP contribution in [0, 0.1) is 0 Å². The Labute approximate surface area is 118 Å². The minimum atomic E-state index is 0.171. The molecular weight excluding hydrogens is 234 g/mol.